The molecule has 1 saturated heterocycles. The Morgan fingerprint density at radius 1 is 1.35 bits per heavy atom. The Labute approximate surface area is 132 Å². The molecule has 2 rings (SSSR count). The smallest absolute Gasteiger partial charge is 0.417 e. The number of aryl methyl sites for hydroxylation is 1. The first-order valence-corrected chi connectivity index (χ1v) is 7.16. The minimum Gasteiger partial charge on any atom is -0.496 e. The van der Waals surface area contributed by atoms with E-state index in [9.17, 15) is 23.1 Å². The van der Waals surface area contributed by atoms with Gasteiger partial charge in [-0.2, -0.15) is 13.2 Å². The summed E-state index contributed by atoms with van der Waals surface area (Å²) in [4.78, 5) is 13.4. The minimum absolute atomic E-state index is 0.156. The molecule has 1 aromatic carbocycles. The van der Waals surface area contributed by atoms with E-state index in [2.05, 4.69) is 5.32 Å². The van der Waals surface area contributed by atoms with Crippen LogP contribution >= 0.6 is 0 Å². The van der Waals surface area contributed by atoms with Crippen LogP contribution in [0.1, 0.15) is 18.4 Å². The molecule has 8 heteroatoms. The van der Waals surface area contributed by atoms with Crippen molar-refractivity contribution in [1.82, 2.24) is 4.90 Å². The summed E-state index contributed by atoms with van der Waals surface area (Å²) in [6.07, 6.45) is -5.72. The molecule has 1 aliphatic rings. The van der Waals surface area contributed by atoms with Crippen LogP contribution in [-0.4, -0.2) is 48.0 Å². The number of halogens is 3. The lowest BCUT2D eigenvalue weighted by molar-refractivity contribution is -0.271. The maximum atomic E-state index is 12.7. The van der Waals surface area contributed by atoms with Gasteiger partial charge in [-0.1, -0.05) is 0 Å². The number of carbonyl (C=O) groups is 1. The number of anilines is 1. The van der Waals surface area contributed by atoms with Crippen LogP contribution in [0.3, 0.4) is 0 Å². The van der Waals surface area contributed by atoms with Gasteiger partial charge in [-0.3, -0.25) is 0 Å². The number of methoxy groups -OCH3 is 1. The van der Waals surface area contributed by atoms with Crippen molar-refractivity contribution < 1.29 is 27.8 Å². The first-order valence-electron chi connectivity index (χ1n) is 7.16. The van der Waals surface area contributed by atoms with Crippen LogP contribution < -0.4 is 10.1 Å². The van der Waals surface area contributed by atoms with Crippen LogP contribution in [0.4, 0.5) is 23.7 Å². The second-order valence-corrected chi connectivity index (χ2v) is 5.63. The molecule has 5 nitrogen and oxygen atoms in total. The average molecular weight is 332 g/mol. The van der Waals surface area contributed by atoms with Gasteiger partial charge in [0.25, 0.3) is 0 Å². The highest BCUT2D eigenvalue weighted by Gasteiger charge is 2.54. The molecule has 2 amide bonds. The Balaban J connectivity index is 1.97. The summed E-state index contributed by atoms with van der Waals surface area (Å²) >= 11 is 0. The second-order valence-electron chi connectivity index (χ2n) is 5.63. The van der Waals surface area contributed by atoms with Crippen LogP contribution in [-0.2, 0) is 0 Å². The number of alkyl halides is 3. The molecule has 23 heavy (non-hydrogen) atoms. The van der Waals surface area contributed by atoms with Crippen LogP contribution in [0, 0.1) is 6.92 Å². The minimum atomic E-state index is -4.68. The highest BCUT2D eigenvalue weighted by molar-refractivity contribution is 5.89. The van der Waals surface area contributed by atoms with Gasteiger partial charge in [0.15, 0.2) is 5.60 Å². The van der Waals surface area contributed by atoms with Crippen molar-refractivity contribution in [2.24, 2.45) is 0 Å². The number of nitrogens with zero attached hydrogens (tertiary/aromatic N) is 1. The predicted molar refractivity (Wildman–Crippen MR) is 78.6 cm³/mol. The lowest BCUT2D eigenvalue weighted by Crippen LogP contribution is -2.55. The summed E-state index contributed by atoms with van der Waals surface area (Å²) in [5.74, 6) is 0.677. The highest BCUT2D eigenvalue weighted by Crippen LogP contribution is 2.38. The summed E-state index contributed by atoms with van der Waals surface area (Å²) in [6.45, 7) is 1.51. The Bertz CT molecular complexity index is 582. The Morgan fingerprint density at radius 2 is 1.96 bits per heavy atom. The fourth-order valence-corrected chi connectivity index (χ4v) is 2.52. The third kappa shape index (κ3) is 3.69. The van der Waals surface area contributed by atoms with E-state index in [0.29, 0.717) is 11.4 Å². The highest BCUT2D eigenvalue weighted by atomic mass is 19.4. The standard InChI is InChI=1S/C15H19F3N2O3/c1-10-9-11(3-4-12(10)23-2)19-13(21)20-7-5-14(22,6-8-20)15(16,17)18/h3-4,9,22H,5-8H2,1-2H3,(H,19,21). The number of carbonyl (C=O) groups excluding carboxylic acids is 1. The van der Waals surface area contributed by atoms with Gasteiger partial charge in [0.05, 0.1) is 7.11 Å². The topological polar surface area (TPSA) is 61.8 Å². The fourth-order valence-electron chi connectivity index (χ4n) is 2.52. The number of ether oxygens (including phenoxy) is 1. The van der Waals surface area contributed by atoms with Crippen LogP contribution in [0.15, 0.2) is 18.2 Å². The number of hydrogen-bond donors (Lipinski definition) is 2. The van der Waals surface area contributed by atoms with E-state index in [1.165, 1.54) is 12.0 Å². The van der Waals surface area contributed by atoms with Gasteiger partial charge in [-0.15, -0.1) is 0 Å². The zero-order valence-corrected chi connectivity index (χ0v) is 12.9. The summed E-state index contributed by atoms with van der Waals surface area (Å²) in [5.41, 5.74) is -1.35. The average Bonchev–Trinajstić information content (AvgIpc) is 2.47. The molecule has 0 atom stereocenters. The van der Waals surface area contributed by atoms with Crippen molar-refractivity contribution in [1.29, 1.82) is 0 Å². The zero-order chi connectivity index (χ0) is 17.3. The van der Waals surface area contributed by atoms with Gasteiger partial charge in [0, 0.05) is 31.6 Å². The maximum Gasteiger partial charge on any atom is 0.417 e. The number of aliphatic hydroxyl groups is 1. The molecule has 128 valence electrons. The number of urea groups is 1. The van der Waals surface area contributed by atoms with Crippen molar-refractivity contribution in [2.45, 2.75) is 31.5 Å². The third-order valence-electron chi connectivity index (χ3n) is 4.05. The van der Waals surface area contributed by atoms with Crippen molar-refractivity contribution in [2.75, 3.05) is 25.5 Å². The van der Waals surface area contributed by atoms with Gasteiger partial charge < -0.3 is 20.1 Å². The van der Waals surface area contributed by atoms with Crippen molar-refractivity contribution in [3.05, 3.63) is 23.8 Å². The normalized spacial score (nSPS) is 17.7. The van der Waals surface area contributed by atoms with Gasteiger partial charge >= 0.3 is 12.2 Å². The van der Waals surface area contributed by atoms with E-state index in [1.807, 2.05) is 6.92 Å². The number of benzene rings is 1. The monoisotopic (exact) mass is 332 g/mol. The molecule has 0 spiro atoms. The van der Waals surface area contributed by atoms with E-state index < -0.39 is 30.7 Å². The Kier molecular flexibility index (Phi) is 4.74. The number of piperidine rings is 1. The molecule has 1 aromatic rings. The van der Waals surface area contributed by atoms with E-state index in [4.69, 9.17) is 4.74 Å². The molecule has 0 bridgehead atoms. The molecule has 1 fully saturated rings. The van der Waals surface area contributed by atoms with Crippen molar-refractivity contribution in [3.63, 3.8) is 0 Å². The molecule has 1 aliphatic heterocycles. The molecule has 1 heterocycles. The first kappa shape index (κ1) is 17.4. The number of hydrogen-bond acceptors (Lipinski definition) is 3. The lowest BCUT2D eigenvalue weighted by Gasteiger charge is -2.39. The molecule has 0 aliphatic carbocycles. The van der Waals surface area contributed by atoms with Crippen molar-refractivity contribution >= 4 is 11.7 Å². The molecular weight excluding hydrogens is 313 g/mol. The fraction of sp³-hybridized carbons (Fsp3) is 0.533. The zero-order valence-electron chi connectivity index (χ0n) is 12.9. The maximum absolute atomic E-state index is 12.7. The van der Waals surface area contributed by atoms with E-state index in [-0.39, 0.29) is 13.1 Å². The Morgan fingerprint density at radius 3 is 2.43 bits per heavy atom. The number of nitrogens with one attached hydrogen (secondary N) is 1. The number of likely N-dealkylation sites (tertiary alicyclic amines) is 1. The van der Waals surface area contributed by atoms with Crippen LogP contribution in [0.25, 0.3) is 0 Å². The van der Waals surface area contributed by atoms with Gasteiger partial charge in [0.1, 0.15) is 5.75 Å². The number of amides is 2. The van der Waals surface area contributed by atoms with Crippen LogP contribution in [0.2, 0.25) is 0 Å². The molecule has 2 N–H and O–H groups in total. The molecule has 0 radical (unpaired) electrons. The van der Waals surface area contributed by atoms with Crippen LogP contribution in [0.5, 0.6) is 5.75 Å². The SMILES string of the molecule is COc1ccc(NC(=O)N2CCC(O)(C(F)(F)F)CC2)cc1C. The molecule has 0 saturated carbocycles. The van der Waals surface area contributed by atoms with E-state index >= 15 is 0 Å². The molecule has 0 aromatic heterocycles. The number of rotatable bonds is 2. The quantitative estimate of drug-likeness (QED) is 0.875. The van der Waals surface area contributed by atoms with E-state index in [1.54, 1.807) is 18.2 Å². The van der Waals surface area contributed by atoms with Gasteiger partial charge in [-0.05, 0) is 30.7 Å². The lowest BCUT2D eigenvalue weighted by atomic mass is 9.91. The summed E-state index contributed by atoms with van der Waals surface area (Å²) in [6, 6.07) is 4.58. The third-order valence-corrected chi connectivity index (χ3v) is 4.05. The van der Waals surface area contributed by atoms with Gasteiger partial charge in [-0.25, -0.2) is 4.79 Å². The largest absolute Gasteiger partial charge is 0.496 e. The van der Waals surface area contributed by atoms with E-state index in [0.717, 1.165) is 5.56 Å². The molecular formula is C15H19F3N2O3. The summed E-state index contributed by atoms with van der Waals surface area (Å²) in [7, 11) is 1.54. The predicted octanol–water partition coefficient (Wildman–Crippen LogP) is 2.92. The summed E-state index contributed by atoms with van der Waals surface area (Å²) < 4.78 is 43.3. The van der Waals surface area contributed by atoms with Crippen molar-refractivity contribution in [3.8, 4) is 5.75 Å². The second kappa shape index (κ2) is 6.27. The van der Waals surface area contributed by atoms with Gasteiger partial charge in [0.2, 0.25) is 0 Å². The Hall–Kier alpha value is -1.96. The summed E-state index contributed by atoms with van der Waals surface area (Å²) in [5, 5.41) is 12.2. The first-order chi connectivity index (χ1) is 10.7. The molecule has 0 unspecified atom stereocenters.